The highest BCUT2D eigenvalue weighted by Crippen LogP contribution is 2.28. The van der Waals surface area contributed by atoms with E-state index in [1.165, 1.54) is 4.90 Å². The van der Waals surface area contributed by atoms with Crippen LogP contribution in [0.3, 0.4) is 0 Å². The zero-order valence-electron chi connectivity index (χ0n) is 27.1. The van der Waals surface area contributed by atoms with Crippen LogP contribution in [-0.2, 0) is 39.9 Å². The molecule has 12 nitrogen and oxygen atoms in total. The molecule has 1 aromatic carbocycles. The van der Waals surface area contributed by atoms with E-state index in [0.717, 1.165) is 21.7 Å². The molecule has 3 atom stereocenters. The van der Waals surface area contributed by atoms with E-state index in [1.54, 1.807) is 11.3 Å². The third-order valence-electron chi connectivity index (χ3n) is 7.25. The van der Waals surface area contributed by atoms with E-state index in [2.05, 4.69) is 21.5 Å². The summed E-state index contributed by atoms with van der Waals surface area (Å²) in [6.07, 6.45) is 4.35. The molecule has 0 saturated carbocycles. The molecule has 3 N–H and O–H groups in total. The fourth-order valence-corrected chi connectivity index (χ4v) is 5.65. The second-order valence-electron chi connectivity index (χ2n) is 12.0. The van der Waals surface area contributed by atoms with Gasteiger partial charge in [0.25, 0.3) is 0 Å². The van der Waals surface area contributed by atoms with Gasteiger partial charge in [-0.3, -0.25) is 14.4 Å². The Hall–Kier alpha value is -3.38. The maximum absolute atomic E-state index is 13.7. The number of ether oxygens (including phenoxy) is 4. The number of hydrogen-bond acceptors (Lipinski definition) is 10. The molecule has 1 saturated heterocycles. The molecule has 1 fully saturated rings. The minimum atomic E-state index is -0.940. The second kappa shape index (κ2) is 18.7. The molecule has 3 amide bonds. The Balaban J connectivity index is 1.45. The number of thiazole rings is 1. The quantitative estimate of drug-likeness (QED) is 0.161. The smallest absolute Gasteiger partial charge is 0.246 e. The summed E-state index contributed by atoms with van der Waals surface area (Å²) >= 11 is 1.57. The van der Waals surface area contributed by atoms with E-state index in [9.17, 15) is 19.5 Å². The zero-order valence-corrected chi connectivity index (χ0v) is 27.9. The van der Waals surface area contributed by atoms with E-state index in [-0.39, 0.29) is 51.8 Å². The third-order valence-corrected chi connectivity index (χ3v) is 8.22. The Kier molecular flexibility index (Phi) is 15.1. The summed E-state index contributed by atoms with van der Waals surface area (Å²) in [4.78, 5) is 46.5. The molecular weight excluding hydrogens is 612 g/mol. The van der Waals surface area contributed by atoms with Crippen LogP contribution < -0.4 is 10.6 Å². The number of aliphatic hydroxyl groups is 1. The number of nitrogens with zero attached hydrogens (tertiary/aromatic N) is 2. The fraction of sp³-hybridized carbons (Fsp3) is 0.576. The molecule has 46 heavy (non-hydrogen) atoms. The Labute approximate surface area is 275 Å². The molecule has 0 bridgehead atoms. The van der Waals surface area contributed by atoms with Crippen LogP contribution >= 0.6 is 11.3 Å². The van der Waals surface area contributed by atoms with E-state index in [0.29, 0.717) is 26.4 Å². The number of β-amino-alcohol motifs (C(OH)–C–C–N with tert-alkyl or cyclic N) is 1. The summed E-state index contributed by atoms with van der Waals surface area (Å²) in [5.74, 6) is 1.11. The lowest BCUT2D eigenvalue weighted by Gasteiger charge is -2.35. The minimum Gasteiger partial charge on any atom is -0.391 e. The summed E-state index contributed by atoms with van der Waals surface area (Å²) in [7, 11) is 0. The SMILES string of the molecule is C#CCOCCOCCOCCOCC(=O)NC(C(=O)N1CC(O)CC1C(=O)NCc1ccc(-c2scnc2C)cc1)C(C)(C)C. The van der Waals surface area contributed by atoms with Crippen molar-refractivity contribution < 1.29 is 38.4 Å². The van der Waals surface area contributed by atoms with Gasteiger partial charge in [-0.2, -0.15) is 0 Å². The number of hydrogen-bond donors (Lipinski definition) is 3. The van der Waals surface area contributed by atoms with Crippen molar-refractivity contribution in [2.24, 2.45) is 5.41 Å². The molecule has 2 aromatic rings. The monoisotopic (exact) mass is 658 g/mol. The van der Waals surface area contributed by atoms with Crippen molar-refractivity contribution in [2.45, 2.75) is 58.8 Å². The van der Waals surface area contributed by atoms with Gasteiger partial charge in [-0.25, -0.2) is 4.98 Å². The number of aryl methyl sites for hydroxylation is 1. The Morgan fingerprint density at radius 3 is 2.28 bits per heavy atom. The Morgan fingerprint density at radius 1 is 1.07 bits per heavy atom. The lowest BCUT2D eigenvalue weighted by Crippen LogP contribution is -2.58. The maximum Gasteiger partial charge on any atom is 0.246 e. The molecule has 1 aliphatic heterocycles. The van der Waals surface area contributed by atoms with Crippen LogP contribution in [0.4, 0.5) is 0 Å². The van der Waals surface area contributed by atoms with Crippen LogP contribution in [-0.4, -0.2) is 110 Å². The molecule has 13 heteroatoms. The van der Waals surface area contributed by atoms with Gasteiger partial charge >= 0.3 is 0 Å². The molecular formula is C33H46N4O8S. The fourth-order valence-electron chi connectivity index (χ4n) is 4.84. The van der Waals surface area contributed by atoms with E-state index in [4.69, 9.17) is 25.4 Å². The highest BCUT2D eigenvalue weighted by molar-refractivity contribution is 7.13. The maximum atomic E-state index is 13.7. The van der Waals surface area contributed by atoms with Crippen LogP contribution in [0.2, 0.25) is 0 Å². The molecule has 252 valence electrons. The van der Waals surface area contributed by atoms with Gasteiger partial charge in [0.2, 0.25) is 17.7 Å². The van der Waals surface area contributed by atoms with Gasteiger partial charge in [0.1, 0.15) is 25.3 Å². The van der Waals surface area contributed by atoms with E-state index >= 15 is 0 Å². The predicted octanol–water partition coefficient (Wildman–Crippen LogP) is 1.93. The first-order valence-corrected chi connectivity index (χ1v) is 16.2. The van der Waals surface area contributed by atoms with Crippen LogP contribution in [0.5, 0.6) is 0 Å². The number of rotatable bonds is 18. The van der Waals surface area contributed by atoms with Crippen LogP contribution in [0, 0.1) is 24.7 Å². The largest absolute Gasteiger partial charge is 0.391 e. The van der Waals surface area contributed by atoms with Gasteiger partial charge in [-0.1, -0.05) is 51.0 Å². The number of likely N-dealkylation sites (tertiary alicyclic amines) is 1. The van der Waals surface area contributed by atoms with Crippen molar-refractivity contribution in [1.82, 2.24) is 20.5 Å². The summed E-state index contributed by atoms with van der Waals surface area (Å²) in [6.45, 7) is 9.73. The van der Waals surface area contributed by atoms with Crippen LogP contribution in [0.1, 0.15) is 38.4 Å². The molecule has 3 unspecified atom stereocenters. The predicted molar refractivity (Wildman–Crippen MR) is 174 cm³/mol. The van der Waals surface area contributed by atoms with Crippen molar-refractivity contribution >= 4 is 29.1 Å². The van der Waals surface area contributed by atoms with Gasteiger partial charge in [0, 0.05) is 19.5 Å². The normalized spacial score (nSPS) is 17.0. The first kappa shape index (κ1) is 37.1. The first-order chi connectivity index (χ1) is 22.0. The van der Waals surface area contributed by atoms with Gasteiger partial charge in [-0.15, -0.1) is 17.8 Å². The van der Waals surface area contributed by atoms with E-state index < -0.39 is 35.4 Å². The zero-order chi connectivity index (χ0) is 33.5. The lowest BCUT2D eigenvalue weighted by molar-refractivity contribution is -0.144. The minimum absolute atomic E-state index is 0.00223. The molecule has 0 aliphatic carbocycles. The molecule has 2 heterocycles. The average molecular weight is 659 g/mol. The topological polar surface area (TPSA) is 149 Å². The number of nitrogens with one attached hydrogen (secondary N) is 2. The van der Waals surface area contributed by atoms with Crippen molar-refractivity contribution in [1.29, 1.82) is 0 Å². The summed E-state index contributed by atoms with van der Waals surface area (Å²) < 4.78 is 21.3. The average Bonchev–Trinajstić information content (AvgIpc) is 3.63. The van der Waals surface area contributed by atoms with Crippen LogP contribution in [0.25, 0.3) is 10.4 Å². The molecule has 0 spiro atoms. The third kappa shape index (κ3) is 11.8. The van der Waals surface area contributed by atoms with Crippen molar-refractivity contribution in [3.8, 4) is 22.8 Å². The van der Waals surface area contributed by atoms with Crippen LogP contribution in [0.15, 0.2) is 29.8 Å². The van der Waals surface area contributed by atoms with Crippen molar-refractivity contribution in [3.63, 3.8) is 0 Å². The summed E-state index contributed by atoms with van der Waals surface area (Å²) in [5.41, 5.74) is 4.06. The van der Waals surface area contributed by atoms with Gasteiger partial charge in [-0.05, 0) is 23.5 Å². The summed E-state index contributed by atoms with van der Waals surface area (Å²) in [6, 6.07) is 6.05. The molecule has 1 aliphatic rings. The van der Waals surface area contributed by atoms with Gasteiger partial charge < -0.3 is 39.6 Å². The number of aromatic nitrogens is 1. The lowest BCUT2D eigenvalue weighted by atomic mass is 9.85. The molecule has 3 rings (SSSR count). The van der Waals surface area contributed by atoms with E-state index in [1.807, 2.05) is 57.5 Å². The first-order valence-electron chi connectivity index (χ1n) is 15.3. The molecule has 1 aromatic heterocycles. The second-order valence-corrected chi connectivity index (χ2v) is 12.8. The van der Waals surface area contributed by atoms with Gasteiger partial charge in [0.05, 0.1) is 61.8 Å². The Bertz CT molecular complexity index is 1300. The highest BCUT2D eigenvalue weighted by Gasteiger charge is 2.44. The molecule has 0 radical (unpaired) electrons. The highest BCUT2D eigenvalue weighted by atomic mass is 32.1. The van der Waals surface area contributed by atoms with Crippen molar-refractivity contribution in [2.75, 3.05) is 59.4 Å². The Morgan fingerprint density at radius 2 is 1.70 bits per heavy atom. The standard InChI is InChI=1S/C33H46N4O8S/c1-6-11-42-12-13-43-14-15-44-16-17-45-21-28(39)36-30(33(3,4)5)32(41)37-20-26(38)18-27(37)31(40)34-19-24-7-9-25(10-8-24)29-23(2)35-22-46-29/h1,7-10,22,26-27,30,38H,11-21H2,2-5H3,(H,34,40)(H,36,39). The summed E-state index contributed by atoms with van der Waals surface area (Å²) in [5, 5.41) is 16.1. The number of benzene rings is 1. The number of aliphatic hydroxyl groups excluding tert-OH is 1. The number of carbonyl (C=O) groups excluding carboxylic acids is 3. The van der Waals surface area contributed by atoms with Gasteiger partial charge in [0.15, 0.2) is 0 Å². The number of amides is 3. The number of terminal acetylenes is 1. The van der Waals surface area contributed by atoms with Crippen molar-refractivity contribution in [3.05, 3.63) is 41.0 Å². The number of carbonyl (C=O) groups is 3.